The van der Waals surface area contributed by atoms with Gasteiger partial charge in [-0.15, -0.1) is 0 Å². The van der Waals surface area contributed by atoms with Gasteiger partial charge < -0.3 is 0 Å². The van der Waals surface area contributed by atoms with Crippen LogP contribution in [0.15, 0.2) is 24.4 Å². The molecule has 1 aromatic heterocycles. The smallest absolute Gasteiger partial charge is 0.126 e. The summed E-state index contributed by atoms with van der Waals surface area (Å²) in [5.41, 5.74) is 3.72. The molecule has 1 unspecified atom stereocenters. The van der Waals surface area contributed by atoms with Gasteiger partial charge >= 0.3 is 0 Å². The van der Waals surface area contributed by atoms with E-state index in [2.05, 4.69) is 14.2 Å². The molecule has 1 heterocycles. The molecule has 1 aromatic carbocycles. The molecule has 3 N–H and O–H groups in total. The van der Waals surface area contributed by atoms with E-state index in [9.17, 15) is 8.78 Å². The second-order valence-electron chi connectivity index (χ2n) is 3.53. The fourth-order valence-corrected chi connectivity index (χ4v) is 2.01. The zero-order valence-electron chi connectivity index (χ0n) is 8.73. The van der Waals surface area contributed by atoms with Gasteiger partial charge in [0.1, 0.15) is 11.6 Å². The minimum absolute atomic E-state index is 0.310. The predicted octanol–water partition coefficient (Wildman–Crippen LogP) is 1.56. The van der Waals surface area contributed by atoms with Crippen LogP contribution in [-0.4, -0.2) is 8.75 Å². The van der Waals surface area contributed by atoms with Crippen molar-refractivity contribution < 1.29 is 8.78 Å². The Morgan fingerprint density at radius 1 is 1.29 bits per heavy atom. The summed E-state index contributed by atoms with van der Waals surface area (Å²) in [6.07, 6.45) is 1.92. The summed E-state index contributed by atoms with van der Waals surface area (Å²) in [5, 5.41) is 0. The summed E-state index contributed by atoms with van der Waals surface area (Å²) in [4.78, 5) is 0. The van der Waals surface area contributed by atoms with Crippen LogP contribution in [0.1, 0.15) is 17.3 Å². The van der Waals surface area contributed by atoms with Gasteiger partial charge in [0.2, 0.25) is 0 Å². The van der Waals surface area contributed by atoms with Crippen LogP contribution in [0, 0.1) is 11.6 Å². The first-order valence-electron chi connectivity index (χ1n) is 4.87. The predicted molar refractivity (Wildman–Crippen MR) is 60.0 cm³/mol. The van der Waals surface area contributed by atoms with Gasteiger partial charge in [0.05, 0.1) is 29.7 Å². The van der Waals surface area contributed by atoms with Crippen molar-refractivity contribution in [2.45, 2.75) is 12.5 Å². The zero-order chi connectivity index (χ0) is 12.3. The largest absolute Gasteiger partial charge is 0.271 e. The Kier molecular flexibility index (Phi) is 3.72. The van der Waals surface area contributed by atoms with Crippen LogP contribution < -0.4 is 11.3 Å². The van der Waals surface area contributed by atoms with E-state index in [0.717, 1.165) is 17.8 Å². The number of nitrogens with one attached hydrogen (secondary N) is 1. The third-order valence-corrected chi connectivity index (χ3v) is 2.79. The zero-order valence-corrected chi connectivity index (χ0v) is 9.55. The number of halogens is 2. The van der Waals surface area contributed by atoms with Crippen molar-refractivity contribution in [2.75, 3.05) is 0 Å². The summed E-state index contributed by atoms with van der Waals surface area (Å²) in [7, 11) is 0. The molecule has 2 aromatic rings. The number of aromatic nitrogens is 2. The molecular formula is C10H10F2N4S. The maximum absolute atomic E-state index is 13.0. The summed E-state index contributed by atoms with van der Waals surface area (Å²) in [6, 6.07) is 3.06. The molecule has 0 saturated carbocycles. The van der Waals surface area contributed by atoms with Crippen molar-refractivity contribution in [2.24, 2.45) is 5.84 Å². The van der Waals surface area contributed by atoms with Crippen LogP contribution >= 0.6 is 11.7 Å². The molecule has 4 nitrogen and oxygen atoms in total. The lowest BCUT2D eigenvalue weighted by Crippen LogP contribution is -2.29. The Balaban J connectivity index is 2.18. The van der Waals surface area contributed by atoms with Gasteiger partial charge in [-0.25, -0.2) is 8.78 Å². The second-order valence-corrected chi connectivity index (χ2v) is 4.09. The van der Waals surface area contributed by atoms with E-state index in [1.165, 1.54) is 12.1 Å². The maximum atomic E-state index is 13.0. The second kappa shape index (κ2) is 5.26. The van der Waals surface area contributed by atoms with Crippen molar-refractivity contribution in [1.29, 1.82) is 0 Å². The highest BCUT2D eigenvalue weighted by molar-refractivity contribution is 6.99. The third-order valence-electron chi connectivity index (χ3n) is 2.30. The number of hydrogen-bond donors (Lipinski definition) is 2. The first-order chi connectivity index (χ1) is 8.19. The van der Waals surface area contributed by atoms with Gasteiger partial charge in [-0.2, -0.15) is 8.75 Å². The molecule has 0 radical (unpaired) electrons. The number of nitrogens with zero attached hydrogens (tertiary/aromatic N) is 2. The quantitative estimate of drug-likeness (QED) is 0.643. The number of hydrogen-bond acceptors (Lipinski definition) is 5. The van der Waals surface area contributed by atoms with Crippen molar-refractivity contribution in [1.82, 2.24) is 14.2 Å². The van der Waals surface area contributed by atoms with Gasteiger partial charge in [-0.05, 0) is 24.1 Å². The van der Waals surface area contributed by atoms with Crippen molar-refractivity contribution >= 4 is 11.7 Å². The Morgan fingerprint density at radius 3 is 2.53 bits per heavy atom. The average Bonchev–Trinajstić information content (AvgIpc) is 2.77. The minimum Gasteiger partial charge on any atom is -0.271 e. The summed E-state index contributed by atoms with van der Waals surface area (Å²) >= 11 is 1.06. The van der Waals surface area contributed by atoms with Crippen LogP contribution in [0.3, 0.4) is 0 Å². The summed E-state index contributed by atoms with van der Waals surface area (Å²) in [5.74, 6) is 4.18. The van der Waals surface area contributed by atoms with Crippen LogP contribution in [0.25, 0.3) is 0 Å². The molecule has 90 valence electrons. The third kappa shape index (κ3) is 3.02. The lowest BCUT2D eigenvalue weighted by Gasteiger charge is -2.12. The van der Waals surface area contributed by atoms with Gasteiger partial charge in [0.25, 0.3) is 0 Å². The molecular weight excluding hydrogens is 246 g/mol. The highest BCUT2D eigenvalue weighted by Crippen LogP contribution is 2.17. The molecule has 0 spiro atoms. The Morgan fingerprint density at radius 2 is 2.00 bits per heavy atom. The summed E-state index contributed by atoms with van der Waals surface area (Å²) in [6.45, 7) is 0. The lowest BCUT2D eigenvalue weighted by atomic mass is 10.0. The number of hydrazine groups is 1. The van der Waals surface area contributed by atoms with Crippen LogP contribution in [0.5, 0.6) is 0 Å². The fourth-order valence-electron chi connectivity index (χ4n) is 1.54. The Bertz CT molecular complexity index is 469. The topological polar surface area (TPSA) is 63.8 Å². The van der Waals surface area contributed by atoms with E-state index < -0.39 is 11.6 Å². The average molecular weight is 256 g/mol. The molecule has 0 aliphatic heterocycles. The van der Waals surface area contributed by atoms with E-state index in [0.29, 0.717) is 17.7 Å². The standard InChI is InChI=1S/C10H10F2N4S/c11-7-1-6(2-8(12)4-7)3-9(15-13)10-5-14-17-16-10/h1-2,4-5,9,15H,3,13H2. The van der Waals surface area contributed by atoms with Crippen LogP contribution in [0.2, 0.25) is 0 Å². The molecule has 1 atom stereocenters. The molecule has 7 heteroatoms. The molecule has 0 amide bonds. The number of rotatable bonds is 4. The molecule has 0 aliphatic carbocycles. The highest BCUT2D eigenvalue weighted by Gasteiger charge is 2.14. The van der Waals surface area contributed by atoms with Crippen LogP contribution in [-0.2, 0) is 6.42 Å². The van der Waals surface area contributed by atoms with E-state index in [1.54, 1.807) is 6.20 Å². The lowest BCUT2D eigenvalue weighted by molar-refractivity contribution is 0.532. The van der Waals surface area contributed by atoms with Gasteiger partial charge in [0.15, 0.2) is 0 Å². The molecule has 2 rings (SSSR count). The first-order valence-corrected chi connectivity index (χ1v) is 5.60. The van der Waals surface area contributed by atoms with Crippen molar-refractivity contribution in [3.05, 3.63) is 47.3 Å². The maximum Gasteiger partial charge on any atom is 0.126 e. The SMILES string of the molecule is NNC(Cc1cc(F)cc(F)c1)c1cnsn1. The summed E-state index contributed by atoms with van der Waals surface area (Å²) < 4.78 is 33.9. The first kappa shape index (κ1) is 12.0. The van der Waals surface area contributed by atoms with Crippen molar-refractivity contribution in [3.8, 4) is 0 Å². The molecule has 0 aliphatic rings. The van der Waals surface area contributed by atoms with Gasteiger partial charge in [0, 0.05) is 6.07 Å². The Hall–Kier alpha value is -1.44. The monoisotopic (exact) mass is 256 g/mol. The van der Waals surface area contributed by atoms with Gasteiger partial charge in [-0.1, -0.05) is 0 Å². The molecule has 0 fully saturated rings. The van der Waals surface area contributed by atoms with Crippen LogP contribution in [0.4, 0.5) is 8.78 Å². The number of benzene rings is 1. The molecule has 0 saturated heterocycles. The highest BCUT2D eigenvalue weighted by atomic mass is 32.1. The van der Waals surface area contributed by atoms with E-state index in [4.69, 9.17) is 5.84 Å². The Labute approximate surface area is 101 Å². The van der Waals surface area contributed by atoms with Gasteiger partial charge in [-0.3, -0.25) is 11.3 Å². The normalized spacial score (nSPS) is 12.6. The van der Waals surface area contributed by atoms with E-state index in [1.807, 2.05) is 0 Å². The van der Waals surface area contributed by atoms with E-state index in [-0.39, 0.29) is 6.04 Å². The molecule has 17 heavy (non-hydrogen) atoms. The minimum atomic E-state index is -0.604. The molecule has 0 bridgehead atoms. The number of nitrogens with two attached hydrogens (primary N) is 1. The fraction of sp³-hybridized carbons (Fsp3) is 0.200. The van der Waals surface area contributed by atoms with E-state index >= 15 is 0 Å². The van der Waals surface area contributed by atoms with Crippen molar-refractivity contribution in [3.63, 3.8) is 0 Å².